The molecule has 1 saturated heterocycles. The summed E-state index contributed by atoms with van der Waals surface area (Å²) >= 11 is 0. The quantitative estimate of drug-likeness (QED) is 0.537. The number of carboxylic acid groups (broad SMARTS) is 1. The molecule has 1 aliphatic heterocycles. The molecular weight excluding hydrogens is 444 g/mol. The molecule has 4 rings (SSSR count). The van der Waals surface area contributed by atoms with Crippen LogP contribution in [0.4, 0.5) is 0 Å². The first-order valence-corrected chi connectivity index (χ1v) is 12.3. The van der Waals surface area contributed by atoms with Crippen molar-refractivity contribution in [3.8, 4) is 11.5 Å². The van der Waals surface area contributed by atoms with Gasteiger partial charge >= 0.3 is 5.97 Å². The van der Waals surface area contributed by atoms with Crippen molar-refractivity contribution in [2.75, 3.05) is 20.2 Å². The van der Waals surface area contributed by atoms with E-state index in [4.69, 9.17) is 9.47 Å². The lowest BCUT2D eigenvalue weighted by Gasteiger charge is -2.17. The van der Waals surface area contributed by atoms with E-state index in [0.717, 1.165) is 16.5 Å². The topological polar surface area (TPSA) is 98.1 Å². The number of hydrogen-bond donors (Lipinski definition) is 1. The normalized spacial score (nSPS) is 17.0. The van der Waals surface area contributed by atoms with Crippen molar-refractivity contribution in [3.63, 3.8) is 0 Å². The number of ether oxygens (including phenoxy) is 2. The highest BCUT2D eigenvalue weighted by Crippen LogP contribution is 2.37. The van der Waals surface area contributed by atoms with Crippen molar-refractivity contribution in [1.29, 1.82) is 0 Å². The molecule has 1 N–H and O–H groups in total. The summed E-state index contributed by atoms with van der Waals surface area (Å²) in [6, 6.07) is 12.0. The van der Waals surface area contributed by atoms with Gasteiger partial charge in [-0.25, -0.2) is 8.42 Å². The molecule has 1 fully saturated rings. The van der Waals surface area contributed by atoms with E-state index in [1.165, 1.54) is 4.31 Å². The van der Waals surface area contributed by atoms with Gasteiger partial charge in [0.1, 0.15) is 18.0 Å². The number of carbonyl (C=O) groups is 1. The fraction of sp³-hybridized carbons (Fsp3) is 0.375. The molecular formula is C24H28N2O6S. The molecule has 3 aromatic rings. The Bertz CT molecular complexity index is 1260. The van der Waals surface area contributed by atoms with Crippen molar-refractivity contribution in [2.24, 2.45) is 0 Å². The van der Waals surface area contributed by atoms with Crippen molar-refractivity contribution in [3.05, 3.63) is 54.2 Å². The minimum atomic E-state index is -3.65. The molecule has 1 atom stereocenters. The van der Waals surface area contributed by atoms with Gasteiger partial charge in [0.05, 0.1) is 18.1 Å². The van der Waals surface area contributed by atoms with E-state index in [-0.39, 0.29) is 23.5 Å². The summed E-state index contributed by atoms with van der Waals surface area (Å²) in [4.78, 5) is 11.6. The fourth-order valence-corrected chi connectivity index (χ4v) is 5.84. The number of sulfonamides is 1. The molecule has 0 spiro atoms. The minimum absolute atomic E-state index is 0.00804. The molecule has 1 aromatic heterocycles. The van der Waals surface area contributed by atoms with Gasteiger partial charge in [-0.05, 0) is 68.3 Å². The molecule has 1 unspecified atom stereocenters. The van der Waals surface area contributed by atoms with Gasteiger partial charge in [-0.3, -0.25) is 4.79 Å². The van der Waals surface area contributed by atoms with Crippen molar-refractivity contribution >= 4 is 26.9 Å². The molecule has 33 heavy (non-hydrogen) atoms. The standard InChI is InChI=1S/C24H28N2O6S/c1-16(2)32-18-4-7-20(8-5-18)33(29,30)26-11-10-17(13-26)22-14-25(15-24(27)28)23-9-6-19(31-3)12-21(22)23/h4-9,12,14,16-17H,10-11,13,15H2,1-3H3,(H,27,28). The number of rotatable bonds is 8. The summed E-state index contributed by atoms with van der Waals surface area (Å²) in [5.74, 6) is 0.314. The Morgan fingerprint density at radius 1 is 1.15 bits per heavy atom. The van der Waals surface area contributed by atoms with Crippen molar-refractivity contribution < 1.29 is 27.8 Å². The van der Waals surface area contributed by atoms with E-state index in [9.17, 15) is 18.3 Å². The summed E-state index contributed by atoms with van der Waals surface area (Å²) in [6.07, 6.45) is 2.49. The molecule has 2 aromatic carbocycles. The van der Waals surface area contributed by atoms with Gasteiger partial charge in [0.2, 0.25) is 10.0 Å². The van der Waals surface area contributed by atoms with E-state index >= 15 is 0 Å². The maximum Gasteiger partial charge on any atom is 0.323 e. The molecule has 0 saturated carbocycles. The van der Waals surface area contributed by atoms with Crippen LogP contribution in [-0.4, -0.2) is 54.7 Å². The third kappa shape index (κ3) is 4.69. The zero-order chi connectivity index (χ0) is 23.8. The van der Waals surface area contributed by atoms with Gasteiger partial charge in [-0.2, -0.15) is 4.31 Å². The molecule has 0 bridgehead atoms. The number of aromatic nitrogens is 1. The maximum atomic E-state index is 13.2. The third-order valence-electron chi connectivity index (χ3n) is 5.85. The number of benzene rings is 2. The molecule has 9 heteroatoms. The molecule has 0 amide bonds. The fourth-order valence-electron chi connectivity index (χ4n) is 4.34. The van der Waals surface area contributed by atoms with Gasteiger partial charge in [-0.1, -0.05) is 0 Å². The Morgan fingerprint density at radius 2 is 1.85 bits per heavy atom. The summed E-state index contributed by atoms with van der Waals surface area (Å²) in [6.45, 7) is 4.39. The zero-order valence-corrected chi connectivity index (χ0v) is 19.7. The van der Waals surface area contributed by atoms with Crippen LogP contribution in [0, 0.1) is 0 Å². The highest BCUT2D eigenvalue weighted by molar-refractivity contribution is 7.89. The number of methoxy groups -OCH3 is 1. The van der Waals surface area contributed by atoms with Crippen molar-refractivity contribution in [1.82, 2.24) is 8.87 Å². The third-order valence-corrected chi connectivity index (χ3v) is 7.73. The molecule has 0 aliphatic carbocycles. The maximum absolute atomic E-state index is 13.2. The summed E-state index contributed by atoms with van der Waals surface area (Å²) < 4.78 is 40.6. The number of aliphatic carboxylic acids is 1. The smallest absolute Gasteiger partial charge is 0.323 e. The lowest BCUT2D eigenvalue weighted by atomic mass is 9.98. The molecule has 1 aliphatic rings. The largest absolute Gasteiger partial charge is 0.497 e. The van der Waals surface area contributed by atoms with E-state index < -0.39 is 16.0 Å². The van der Waals surface area contributed by atoms with Crippen LogP contribution < -0.4 is 9.47 Å². The van der Waals surface area contributed by atoms with Crippen LogP contribution in [0.15, 0.2) is 53.6 Å². The van der Waals surface area contributed by atoms with Crippen LogP contribution in [0.1, 0.15) is 31.7 Å². The molecule has 8 nitrogen and oxygen atoms in total. The van der Waals surface area contributed by atoms with Gasteiger partial charge in [-0.15, -0.1) is 0 Å². The molecule has 176 valence electrons. The summed E-state index contributed by atoms with van der Waals surface area (Å²) in [5.41, 5.74) is 1.72. The molecule has 0 radical (unpaired) electrons. The number of carboxylic acids is 1. The first kappa shape index (κ1) is 23.1. The van der Waals surface area contributed by atoms with E-state index in [1.54, 1.807) is 42.0 Å². The Labute approximate surface area is 193 Å². The Morgan fingerprint density at radius 3 is 2.48 bits per heavy atom. The SMILES string of the molecule is COc1ccc2c(c1)c(C1CCN(S(=O)(=O)c3ccc(OC(C)C)cc3)C1)cn2CC(=O)O. The average Bonchev–Trinajstić information content (AvgIpc) is 3.39. The first-order valence-electron chi connectivity index (χ1n) is 10.8. The van der Waals surface area contributed by atoms with Gasteiger partial charge < -0.3 is 19.1 Å². The summed E-state index contributed by atoms with van der Waals surface area (Å²) in [5, 5.41) is 10.2. The lowest BCUT2D eigenvalue weighted by molar-refractivity contribution is -0.137. The number of fused-ring (bicyclic) bond motifs is 1. The van der Waals surface area contributed by atoms with Crippen LogP contribution in [0.5, 0.6) is 11.5 Å². The zero-order valence-electron chi connectivity index (χ0n) is 18.9. The highest BCUT2D eigenvalue weighted by Gasteiger charge is 2.34. The summed E-state index contributed by atoms with van der Waals surface area (Å²) in [7, 11) is -2.07. The predicted octanol–water partition coefficient (Wildman–Crippen LogP) is 3.70. The van der Waals surface area contributed by atoms with Gasteiger partial charge in [0.15, 0.2) is 0 Å². The second-order valence-corrected chi connectivity index (χ2v) is 10.4. The van der Waals surface area contributed by atoms with Crippen LogP contribution in [-0.2, 0) is 21.4 Å². The average molecular weight is 473 g/mol. The monoisotopic (exact) mass is 472 g/mol. The lowest BCUT2D eigenvalue weighted by Crippen LogP contribution is -2.28. The predicted molar refractivity (Wildman–Crippen MR) is 124 cm³/mol. The Balaban J connectivity index is 1.61. The first-order chi connectivity index (χ1) is 15.7. The minimum Gasteiger partial charge on any atom is -0.497 e. The van der Waals surface area contributed by atoms with Crippen molar-refractivity contribution in [2.45, 2.75) is 43.7 Å². The molecule has 2 heterocycles. The van der Waals surface area contributed by atoms with Crippen LogP contribution in [0.2, 0.25) is 0 Å². The van der Waals surface area contributed by atoms with Crippen LogP contribution in [0.25, 0.3) is 10.9 Å². The van der Waals surface area contributed by atoms with E-state index in [0.29, 0.717) is 31.0 Å². The number of hydrogen-bond acceptors (Lipinski definition) is 5. The van der Waals surface area contributed by atoms with Crippen LogP contribution >= 0.6 is 0 Å². The Kier molecular flexibility index (Phi) is 6.36. The van der Waals surface area contributed by atoms with E-state index in [2.05, 4.69) is 0 Å². The van der Waals surface area contributed by atoms with E-state index in [1.807, 2.05) is 32.2 Å². The second-order valence-electron chi connectivity index (χ2n) is 8.48. The highest BCUT2D eigenvalue weighted by atomic mass is 32.2. The van der Waals surface area contributed by atoms with Gasteiger partial charge in [0, 0.05) is 36.1 Å². The second kappa shape index (κ2) is 9.07. The number of nitrogens with zero attached hydrogens (tertiary/aromatic N) is 2. The van der Waals surface area contributed by atoms with Gasteiger partial charge in [0.25, 0.3) is 0 Å². The van der Waals surface area contributed by atoms with Crippen LogP contribution in [0.3, 0.4) is 0 Å². The Hall–Kier alpha value is -3.04.